The SMILES string of the molecule is Cn1cc(CCC(=O)N2C[C@@H]3CCC[C@@]3(C(=O)O)C2)cn1. The molecule has 1 saturated carbocycles. The van der Waals surface area contributed by atoms with Gasteiger partial charge >= 0.3 is 5.97 Å². The highest BCUT2D eigenvalue weighted by atomic mass is 16.4. The molecule has 0 aromatic carbocycles. The fraction of sp³-hybridized carbons (Fsp3) is 0.667. The Morgan fingerprint density at radius 1 is 1.52 bits per heavy atom. The number of carboxylic acids is 1. The van der Waals surface area contributed by atoms with E-state index < -0.39 is 11.4 Å². The third-order valence-corrected chi connectivity index (χ3v) is 5.04. The van der Waals surface area contributed by atoms with Gasteiger partial charge in [0, 0.05) is 32.8 Å². The Labute approximate surface area is 123 Å². The summed E-state index contributed by atoms with van der Waals surface area (Å²) in [6.45, 7) is 0.997. The van der Waals surface area contributed by atoms with Gasteiger partial charge in [0.2, 0.25) is 5.91 Å². The van der Waals surface area contributed by atoms with Crippen LogP contribution in [0.5, 0.6) is 0 Å². The minimum Gasteiger partial charge on any atom is -0.481 e. The summed E-state index contributed by atoms with van der Waals surface area (Å²) in [4.78, 5) is 25.7. The Morgan fingerprint density at radius 2 is 2.33 bits per heavy atom. The molecule has 1 aromatic heterocycles. The second-order valence-electron chi connectivity index (χ2n) is 6.35. The number of rotatable bonds is 4. The number of likely N-dealkylation sites (tertiary alicyclic amines) is 1. The topological polar surface area (TPSA) is 75.4 Å². The molecule has 1 N–H and O–H groups in total. The number of aryl methyl sites for hydroxylation is 2. The Balaban J connectivity index is 1.61. The molecule has 114 valence electrons. The molecule has 0 unspecified atom stereocenters. The lowest BCUT2D eigenvalue weighted by Crippen LogP contribution is -2.37. The molecule has 1 saturated heterocycles. The standard InChI is InChI=1S/C15H21N3O3/c1-17-8-11(7-16-17)4-5-13(19)18-9-12-3-2-6-15(12,10-18)14(20)21/h7-8,12H,2-6,9-10H2,1H3,(H,20,21)/t12-,15+/m0/s1. The van der Waals surface area contributed by atoms with Crippen LogP contribution in [0.2, 0.25) is 0 Å². The van der Waals surface area contributed by atoms with E-state index in [1.54, 1.807) is 15.8 Å². The van der Waals surface area contributed by atoms with E-state index in [0.717, 1.165) is 18.4 Å². The number of carbonyl (C=O) groups excluding carboxylic acids is 1. The second-order valence-corrected chi connectivity index (χ2v) is 6.35. The Kier molecular flexibility index (Phi) is 3.47. The van der Waals surface area contributed by atoms with Gasteiger partial charge in [0.05, 0.1) is 11.6 Å². The Bertz CT molecular complexity index is 568. The zero-order valence-electron chi connectivity index (χ0n) is 12.3. The van der Waals surface area contributed by atoms with Gasteiger partial charge in [-0.2, -0.15) is 5.10 Å². The van der Waals surface area contributed by atoms with Crippen LogP contribution < -0.4 is 0 Å². The maximum absolute atomic E-state index is 12.3. The highest BCUT2D eigenvalue weighted by molar-refractivity contribution is 5.81. The van der Waals surface area contributed by atoms with E-state index >= 15 is 0 Å². The molecule has 6 heteroatoms. The summed E-state index contributed by atoms with van der Waals surface area (Å²) >= 11 is 0. The number of aromatic nitrogens is 2. The lowest BCUT2D eigenvalue weighted by Gasteiger charge is -2.23. The van der Waals surface area contributed by atoms with Crippen LogP contribution in [0, 0.1) is 11.3 Å². The zero-order valence-corrected chi connectivity index (χ0v) is 12.3. The highest BCUT2D eigenvalue weighted by Crippen LogP contribution is 2.48. The normalized spacial score (nSPS) is 27.9. The van der Waals surface area contributed by atoms with Crippen LogP contribution in [0.15, 0.2) is 12.4 Å². The molecule has 2 fully saturated rings. The average Bonchev–Trinajstić information content (AvgIpc) is 3.09. The van der Waals surface area contributed by atoms with Crippen molar-refractivity contribution in [1.82, 2.24) is 14.7 Å². The summed E-state index contributed by atoms with van der Waals surface area (Å²) in [6.07, 6.45) is 7.37. The van der Waals surface area contributed by atoms with Gasteiger partial charge in [0.1, 0.15) is 0 Å². The van der Waals surface area contributed by atoms with Gasteiger partial charge in [-0.05, 0) is 30.7 Å². The van der Waals surface area contributed by atoms with Crippen molar-refractivity contribution in [2.45, 2.75) is 32.1 Å². The van der Waals surface area contributed by atoms with Crippen LogP contribution in [0.4, 0.5) is 0 Å². The maximum atomic E-state index is 12.3. The van der Waals surface area contributed by atoms with E-state index in [-0.39, 0.29) is 11.8 Å². The molecule has 6 nitrogen and oxygen atoms in total. The van der Waals surface area contributed by atoms with Crippen molar-refractivity contribution in [3.05, 3.63) is 18.0 Å². The number of hydrogen-bond acceptors (Lipinski definition) is 3. The minimum absolute atomic E-state index is 0.0638. The molecule has 2 aliphatic rings. The predicted molar refractivity (Wildman–Crippen MR) is 75.5 cm³/mol. The number of carboxylic acid groups (broad SMARTS) is 1. The monoisotopic (exact) mass is 291 g/mol. The first-order valence-corrected chi connectivity index (χ1v) is 7.50. The van der Waals surface area contributed by atoms with Crippen molar-refractivity contribution in [3.8, 4) is 0 Å². The summed E-state index contributed by atoms with van der Waals surface area (Å²) < 4.78 is 1.72. The van der Waals surface area contributed by atoms with Crippen molar-refractivity contribution < 1.29 is 14.7 Å². The van der Waals surface area contributed by atoms with E-state index in [0.29, 0.717) is 32.4 Å². The van der Waals surface area contributed by atoms with Crippen LogP contribution in [0.3, 0.4) is 0 Å². The van der Waals surface area contributed by atoms with Gasteiger partial charge in [-0.1, -0.05) is 6.42 Å². The largest absolute Gasteiger partial charge is 0.481 e. The third kappa shape index (κ3) is 2.43. The van der Waals surface area contributed by atoms with Gasteiger partial charge in [0.25, 0.3) is 0 Å². The first kappa shape index (κ1) is 14.1. The number of amides is 1. The van der Waals surface area contributed by atoms with Gasteiger partial charge in [-0.25, -0.2) is 0 Å². The van der Waals surface area contributed by atoms with Crippen molar-refractivity contribution in [3.63, 3.8) is 0 Å². The van der Waals surface area contributed by atoms with E-state index in [2.05, 4.69) is 5.10 Å². The molecule has 1 aliphatic heterocycles. The Morgan fingerprint density at radius 3 is 2.95 bits per heavy atom. The molecule has 1 amide bonds. The molecule has 1 aromatic rings. The highest BCUT2D eigenvalue weighted by Gasteiger charge is 2.55. The smallest absolute Gasteiger partial charge is 0.311 e. The van der Waals surface area contributed by atoms with E-state index in [1.165, 1.54) is 0 Å². The summed E-state index contributed by atoms with van der Waals surface area (Å²) in [5, 5.41) is 13.6. The van der Waals surface area contributed by atoms with Gasteiger partial charge in [-0.3, -0.25) is 14.3 Å². The quantitative estimate of drug-likeness (QED) is 0.900. The van der Waals surface area contributed by atoms with Crippen LogP contribution in [-0.4, -0.2) is 44.8 Å². The molecule has 0 bridgehead atoms. The van der Waals surface area contributed by atoms with Crippen molar-refractivity contribution in [2.75, 3.05) is 13.1 Å². The number of carbonyl (C=O) groups is 2. The van der Waals surface area contributed by atoms with Crippen molar-refractivity contribution in [1.29, 1.82) is 0 Å². The summed E-state index contributed by atoms with van der Waals surface area (Å²) in [5.41, 5.74) is 0.363. The van der Waals surface area contributed by atoms with E-state index in [1.807, 2.05) is 13.2 Å². The average molecular weight is 291 g/mol. The van der Waals surface area contributed by atoms with Crippen LogP contribution >= 0.6 is 0 Å². The van der Waals surface area contributed by atoms with Crippen molar-refractivity contribution in [2.24, 2.45) is 18.4 Å². The predicted octanol–water partition coefficient (Wildman–Crippen LogP) is 1.07. The molecule has 1 aliphatic carbocycles. The van der Waals surface area contributed by atoms with Gasteiger partial charge in [0.15, 0.2) is 0 Å². The fourth-order valence-corrected chi connectivity index (χ4v) is 3.84. The van der Waals surface area contributed by atoms with Gasteiger partial charge in [-0.15, -0.1) is 0 Å². The Hall–Kier alpha value is -1.85. The van der Waals surface area contributed by atoms with Crippen LogP contribution in [-0.2, 0) is 23.1 Å². The van der Waals surface area contributed by atoms with Gasteiger partial charge < -0.3 is 10.0 Å². The fourth-order valence-electron chi connectivity index (χ4n) is 3.84. The number of nitrogens with zero attached hydrogens (tertiary/aromatic N) is 3. The first-order chi connectivity index (χ1) is 10.0. The number of hydrogen-bond donors (Lipinski definition) is 1. The molecule has 21 heavy (non-hydrogen) atoms. The summed E-state index contributed by atoms with van der Waals surface area (Å²) in [6, 6.07) is 0. The molecular weight excluding hydrogens is 270 g/mol. The molecular formula is C15H21N3O3. The molecule has 0 radical (unpaired) electrons. The second kappa shape index (κ2) is 5.16. The number of fused-ring (bicyclic) bond motifs is 1. The molecule has 2 heterocycles. The lowest BCUT2D eigenvalue weighted by molar-refractivity contribution is -0.149. The summed E-state index contributed by atoms with van der Waals surface area (Å²) in [7, 11) is 1.85. The minimum atomic E-state index is -0.729. The molecule has 2 atom stereocenters. The molecule has 0 spiro atoms. The first-order valence-electron chi connectivity index (χ1n) is 7.50. The third-order valence-electron chi connectivity index (χ3n) is 5.04. The van der Waals surface area contributed by atoms with E-state index in [9.17, 15) is 14.7 Å². The van der Waals surface area contributed by atoms with Crippen molar-refractivity contribution >= 4 is 11.9 Å². The van der Waals surface area contributed by atoms with Crippen LogP contribution in [0.25, 0.3) is 0 Å². The van der Waals surface area contributed by atoms with Crippen LogP contribution in [0.1, 0.15) is 31.2 Å². The number of aliphatic carboxylic acids is 1. The maximum Gasteiger partial charge on any atom is 0.311 e. The lowest BCUT2D eigenvalue weighted by atomic mass is 9.81. The van der Waals surface area contributed by atoms with E-state index in [4.69, 9.17) is 0 Å². The summed E-state index contributed by atoms with van der Waals surface area (Å²) in [5.74, 6) is -0.529. The molecule has 3 rings (SSSR count). The zero-order chi connectivity index (χ0) is 15.0.